The molecule has 3 aromatic rings. The Morgan fingerprint density at radius 1 is 1.08 bits per heavy atom. The normalized spacial score (nSPS) is 11.2. The molecule has 0 aliphatic heterocycles. The van der Waals surface area contributed by atoms with Crippen molar-refractivity contribution in [1.82, 2.24) is 10.2 Å². The third-order valence-corrected chi connectivity index (χ3v) is 5.62. The summed E-state index contributed by atoms with van der Waals surface area (Å²) in [5, 5.41) is 4.25. The van der Waals surface area contributed by atoms with Crippen molar-refractivity contribution in [3.8, 4) is 0 Å². The van der Waals surface area contributed by atoms with E-state index in [1.54, 1.807) is 11.3 Å². The van der Waals surface area contributed by atoms with Crippen LogP contribution < -0.4 is 5.32 Å². The Bertz CT molecular complexity index is 841. The van der Waals surface area contributed by atoms with Crippen molar-refractivity contribution < 1.29 is 4.79 Å². The highest BCUT2D eigenvalue weighted by molar-refractivity contribution is 7.21. The van der Waals surface area contributed by atoms with Crippen LogP contribution in [0.3, 0.4) is 0 Å². The van der Waals surface area contributed by atoms with Crippen LogP contribution in [-0.2, 0) is 6.54 Å². The van der Waals surface area contributed by atoms with E-state index in [0.29, 0.717) is 6.54 Å². The lowest BCUT2D eigenvalue weighted by atomic mass is 10.1. The summed E-state index contributed by atoms with van der Waals surface area (Å²) in [5.74, 6) is 0.0458. The van der Waals surface area contributed by atoms with Crippen LogP contribution >= 0.6 is 11.3 Å². The number of benzene rings is 2. The van der Waals surface area contributed by atoms with Crippen molar-refractivity contribution in [3.63, 3.8) is 0 Å². The van der Waals surface area contributed by atoms with E-state index in [2.05, 4.69) is 53.7 Å². The quantitative estimate of drug-likeness (QED) is 0.637. The fourth-order valence-corrected chi connectivity index (χ4v) is 4.12. The highest BCUT2D eigenvalue weighted by Gasteiger charge is 2.14. The zero-order valence-electron chi connectivity index (χ0n) is 14.8. The highest BCUT2D eigenvalue weighted by Crippen LogP contribution is 2.30. The van der Waals surface area contributed by atoms with Gasteiger partial charge in [0.15, 0.2) is 0 Å². The molecule has 0 bridgehead atoms. The van der Waals surface area contributed by atoms with E-state index in [1.165, 1.54) is 15.6 Å². The van der Waals surface area contributed by atoms with Gasteiger partial charge in [-0.2, -0.15) is 0 Å². The minimum absolute atomic E-state index is 0.0458. The predicted octanol–water partition coefficient (Wildman–Crippen LogP) is 4.46. The predicted molar refractivity (Wildman–Crippen MR) is 106 cm³/mol. The van der Waals surface area contributed by atoms with Gasteiger partial charge in [0.05, 0.1) is 4.88 Å². The van der Waals surface area contributed by atoms with Gasteiger partial charge in [0.2, 0.25) is 0 Å². The second-order valence-electron chi connectivity index (χ2n) is 6.39. The minimum atomic E-state index is 0.0458. The Kier molecular flexibility index (Phi) is 5.84. The smallest absolute Gasteiger partial charge is 0.261 e. The maximum atomic E-state index is 12.5. The molecule has 2 aromatic carbocycles. The Morgan fingerprint density at radius 2 is 1.80 bits per heavy atom. The number of carbonyl (C=O) groups excluding carboxylic acids is 1. The average Bonchev–Trinajstić information content (AvgIpc) is 2.97. The number of fused-ring (bicyclic) bond motifs is 1. The van der Waals surface area contributed by atoms with Gasteiger partial charge in [0.25, 0.3) is 5.91 Å². The first-order chi connectivity index (χ1) is 12.1. The monoisotopic (exact) mass is 352 g/mol. The Morgan fingerprint density at radius 3 is 2.56 bits per heavy atom. The lowest BCUT2D eigenvalue weighted by Crippen LogP contribution is -2.28. The van der Waals surface area contributed by atoms with E-state index in [9.17, 15) is 4.79 Å². The van der Waals surface area contributed by atoms with E-state index in [-0.39, 0.29) is 5.91 Å². The summed E-state index contributed by atoms with van der Waals surface area (Å²) in [5.41, 5.74) is 2.40. The number of aryl methyl sites for hydroxylation is 1. The van der Waals surface area contributed by atoms with Crippen molar-refractivity contribution in [3.05, 3.63) is 70.6 Å². The Hall–Kier alpha value is -2.17. The molecule has 3 rings (SSSR count). The molecule has 0 atom stereocenters. The number of hydrogen-bond donors (Lipinski definition) is 1. The van der Waals surface area contributed by atoms with Gasteiger partial charge in [-0.05, 0) is 49.5 Å². The van der Waals surface area contributed by atoms with Crippen molar-refractivity contribution in [2.24, 2.45) is 0 Å². The van der Waals surface area contributed by atoms with Gasteiger partial charge < -0.3 is 10.2 Å². The zero-order chi connectivity index (χ0) is 17.6. The molecular formula is C21H24N2OS. The minimum Gasteiger partial charge on any atom is -0.351 e. The maximum absolute atomic E-state index is 12.5. The van der Waals surface area contributed by atoms with E-state index in [1.807, 2.05) is 25.1 Å². The third-order valence-electron chi connectivity index (χ3n) is 4.35. The van der Waals surface area contributed by atoms with E-state index < -0.39 is 0 Å². The molecular weight excluding hydrogens is 328 g/mol. The van der Waals surface area contributed by atoms with Gasteiger partial charge in [-0.15, -0.1) is 11.3 Å². The molecule has 1 amide bonds. The fourth-order valence-electron chi connectivity index (χ4n) is 3.00. The van der Waals surface area contributed by atoms with Gasteiger partial charge in [-0.1, -0.05) is 48.5 Å². The summed E-state index contributed by atoms with van der Waals surface area (Å²) in [6, 6.07) is 18.6. The second kappa shape index (κ2) is 8.28. The molecule has 0 aliphatic rings. The van der Waals surface area contributed by atoms with Gasteiger partial charge >= 0.3 is 0 Å². The molecule has 1 aromatic heterocycles. The molecule has 0 unspecified atom stereocenters. The number of carbonyl (C=O) groups is 1. The van der Waals surface area contributed by atoms with Crippen LogP contribution in [0.4, 0.5) is 0 Å². The molecule has 130 valence electrons. The lowest BCUT2D eigenvalue weighted by molar-refractivity contribution is 0.0955. The summed E-state index contributed by atoms with van der Waals surface area (Å²) in [6.45, 7) is 4.62. The number of amides is 1. The molecule has 25 heavy (non-hydrogen) atoms. The molecule has 0 fully saturated rings. The lowest BCUT2D eigenvalue weighted by Gasteiger charge is -2.16. The number of rotatable bonds is 7. The molecule has 0 spiro atoms. The SMILES string of the molecule is Cc1c(C(=O)NCCCN(C)Cc2ccccc2)sc2ccccc12. The topological polar surface area (TPSA) is 32.3 Å². The zero-order valence-corrected chi connectivity index (χ0v) is 15.6. The summed E-state index contributed by atoms with van der Waals surface area (Å²) < 4.78 is 1.17. The molecule has 1 heterocycles. The summed E-state index contributed by atoms with van der Waals surface area (Å²) in [6.07, 6.45) is 0.943. The van der Waals surface area contributed by atoms with Crippen molar-refractivity contribution >= 4 is 27.3 Å². The molecule has 0 aliphatic carbocycles. The van der Waals surface area contributed by atoms with Gasteiger partial charge in [0, 0.05) is 17.8 Å². The first-order valence-corrected chi connectivity index (χ1v) is 9.45. The van der Waals surface area contributed by atoms with Crippen LogP contribution in [0.2, 0.25) is 0 Å². The summed E-state index contributed by atoms with van der Waals surface area (Å²) in [4.78, 5) is 15.6. The molecule has 0 radical (unpaired) electrons. The van der Waals surface area contributed by atoms with Crippen LogP contribution in [0.25, 0.3) is 10.1 Å². The maximum Gasteiger partial charge on any atom is 0.261 e. The highest BCUT2D eigenvalue weighted by atomic mass is 32.1. The number of hydrogen-bond acceptors (Lipinski definition) is 3. The fraction of sp³-hybridized carbons (Fsp3) is 0.286. The van der Waals surface area contributed by atoms with Crippen LogP contribution in [0.5, 0.6) is 0 Å². The van der Waals surface area contributed by atoms with Gasteiger partial charge in [-0.3, -0.25) is 4.79 Å². The third kappa shape index (κ3) is 4.47. The summed E-state index contributed by atoms with van der Waals surface area (Å²) in [7, 11) is 2.12. The van der Waals surface area contributed by atoms with Crippen LogP contribution in [0.15, 0.2) is 54.6 Å². The van der Waals surface area contributed by atoms with Crippen LogP contribution in [0, 0.1) is 6.92 Å². The average molecular weight is 353 g/mol. The molecule has 3 nitrogen and oxygen atoms in total. The van der Waals surface area contributed by atoms with Gasteiger partial charge in [-0.25, -0.2) is 0 Å². The molecule has 0 saturated carbocycles. The Balaban J connectivity index is 1.47. The second-order valence-corrected chi connectivity index (χ2v) is 7.44. The Labute approximate surface area is 153 Å². The molecule has 4 heteroatoms. The molecule has 0 saturated heterocycles. The van der Waals surface area contributed by atoms with E-state index in [0.717, 1.165) is 30.0 Å². The van der Waals surface area contributed by atoms with E-state index in [4.69, 9.17) is 0 Å². The van der Waals surface area contributed by atoms with Crippen LogP contribution in [0.1, 0.15) is 27.2 Å². The first-order valence-electron chi connectivity index (χ1n) is 8.64. The van der Waals surface area contributed by atoms with Crippen molar-refractivity contribution in [2.75, 3.05) is 20.1 Å². The number of nitrogens with zero attached hydrogens (tertiary/aromatic N) is 1. The van der Waals surface area contributed by atoms with Gasteiger partial charge in [0.1, 0.15) is 0 Å². The van der Waals surface area contributed by atoms with Crippen molar-refractivity contribution in [2.45, 2.75) is 19.9 Å². The number of thiophene rings is 1. The molecule has 1 N–H and O–H groups in total. The van der Waals surface area contributed by atoms with Crippen LogP contribution in [-0.4, -0.2) is 30.9 Å². The van der Waals surface area contributed by atoms with E-state index >= 15 is 0 Å². The standard InChI is InChI=1S/C21H24N2OS/c1-16-18-11-6-7-12-19(18)25-20(16)21(24)22-13-8-14-23(2)15-17-9-4-3-5-10-17/h3-7,9-12H,8,13-15H2,1-2H3,(H,22,24). The largest absolute Gasteiger partial charge is 0.351 e. The van der Waals surface area contributed by atoms with Crippen molar-refractivity contribution in [1.29, 1.82) is 0 Å². The summed E-state index contributed by atoms with van der Waals surface area (Å²) >= 11 is 1.58. The number of nitrogens with one attached hydrogen (secondary N) is 1. The first kappa shape index (κ1) is 17.6.